The first-order valence-electron chi connectivity index (χ1n) is 21.5. The van der Waals surface area contributed by atoms with Crippen molar-refractivity contribution in [1.82, 2.24) is 19.6 Å². The van der Waals surface area contributed by atoms with E-state index in [1.54, 1.807) is 47.2 Å². The molecule has 3 unspecified atom stereocenters. The van der Waals surface area contributed by atoms with Gasteiger partial charge in [0.15, 0.2) is 0 Å². The Morgan fingerprint density at radius 1 is 0.934 bits per heavy atom. The van der Waals surface area contributed by atoms with Gasteiger partial charge in [0, 0.05) is 87.7 Å². The van der Waals surface area contributed by atoms with Gasteiger partial charge in [0.05, 0.1) is 33.2 Å². The third-order valence-electron chi connectivity index (χ3n) is 13.1. The molecule has 14 heteroatoms. The normalized spacial score (nSPS) is 19.9. The van der Waals surface area contributed by atoms with E-state index in [0.29, 0.717) is 73.3 Å². The summed E-state index contributed by atoms with van der Waals surface area (Å²) in [6.07, 6.45) is 10.1. The molecule has 3 amide bonds. The Morgan fingerprint density at radius 3 is 2.38 bits per heavy atom. The topological polar surface area (TPSA) is 148 Å². The third-order valence-corrected chi connectivity index (χ3v) is 13.1. The monoisotopic (exact) mass is 832 g/mol. The van der Waals surface area contributed by atoms with Crippen LogP contribution < -0.4 is 10.5 Å². The van der Waals surface area contributed by atoms with Crippen LogP contribution in [0.2, 0.25) is 0 Å². The Bertz CT molecular complexity index is 2450. The van der Waals surface area contributed by atoms with Gasteiger partial charge < -0.3 is 19.4 Å². The highest BCUT2D eigenvalue weighted by Gasteiger charge is 2.50. The number of carbonyl (C=O) groups excluding carboxylic acids is 3. The number of rotatable bonds is 14. The largest absolute Gasteiger partial charge is 0.377 e. The highest BCUT2D eigenvalue weighted by Crippen LogP contribution is 2.51. The van der Waals surface area contributed by atoms with Crippen molar-refractivity contribution in [2.24, 2.45) is 11.8 Å². The Labute approximate surface area is 354 Å². The first-order valence-corrected chi connectivity index (χ1v) is 21.5. The number of aryl methyl sites for hydroxylation is 1. The number of anilines is 1. The molecule has 0 N–H and O–H groups in total. The molecule has 1 saturated carbocycles. The number of carbonyl (C=O) groups is 3. The molecule has 0 spiro atoms. The predicted molar refractivity (Wildman–Crippen MR) is 229 cm³/mol. The minimum absolute atomic E-state index is 0.00246. The Balaban J connectivity index is 0.915. The number of aromatic nitrogens is 2. The Hall–Kier alpha value is -5.76. The van der Waals surface area contributed by atoms with E-state index < -0.39 is 22.2 Å². The molecule has 8 rings (SSSR count). The van der Waals surface area contributed by atoms with Crippen LogP contribution in [0, 0.1) is 27.8 Å². The second-order valence-corrected chi connectivity index (χ2v) is 17.4. The molecule has 2 aliphatic heterocycles. The van der Waals surface area contributed by atoms with E-state index in [4.69, 9.17) is 9.84 Å². The third kappa shape index (κ3) is 8.46. The van der Waals surface area contributed by atoms with Crippen LogP contribution in [-0.2, 0) is 27.3 Å². The quantitative estimate of drug-likeness (QED) is 0.0562. The lowest BCUT2D eigenvalue weighted by Crippen LogP contribution is -2.59. The zero-order valence-electron chi connectivity index (χ0n) is 35.1. The second kappa shape index (κ2) is 17.3. The molecule has 0 radical (unpaired) electrons. The molecule has 1 saturated heterocycles. The van der Waals surface area contributed by atoms with E-state index in [1.165, 1.54) is 16.8 Å². The van der Waals surface area contributed by atoms with Gasteiger partial charge in [0.25, 0.3) is 17.2 Å². The van der Waals surface area contributed by atoms with Gasteiger partial charge in [-0.2, -0.15) is 5.10 Å². The lowest BCUT2D eigenvalue weighted by atomic mass is 9.72. The van der Waals surface area contributed by atoms with Crippen molar-refractivity contribution in [3.8, 4) is 0 Å². The van der Waals surface area contributed by atoms with E-state index in [9.17, 15) is 29.3 Å². The highest BCUT2D eigenvalue weighted by atomic mass is 19.1. The van der Waals surface area contributed by atoms with Gasteiger partial charge in [0.2, 0.25) is 11.8 Å². The molecule has 0 bridgehead atoms. The fourth-order valence-corrected chi connectivity index (χ4v) is 9.58. The number of nitro benzene ring substituents is 1. The average Bonchev–Trinajstić information content (AvgIpc) is 4.01. The zero-order valence-corrected chi connectivity index (χ0v) is 35.1. The lowest BCUT2D eigenvalue weighted by molar-refractivity contribution is -0.384. The fraction of sp³-hybridized carbons (Fsp3) is 0.468. The van der Waals surface area contributed by atoms with Crippen LogP contribution in [0.15, 0.2) is 77.6 Å². The van der Waals surface area contributed by atoms with Crippen LogP contribution in [0.25, 0.3) is 10.8 Å². The molecule has 2 fully saturated rings. The number of unbranched alkanes of at least 4 members (excludes halogenated alkanes) is 3. The maximum Gasteiger partial charge on any atom is 0.274 e. The molecule has 3 atom stereocenters. The smallest absolute Gasteiger partial charge is 0.274 e. The van der Waals surface area contributed by atoms with Crippen LogP contribution in [0.4, 0.5) is 15.8 Å². The minimum atomic E-state index is -0.673. The summed E-state index contributed by atoms with van der Waals surface area (Å²) >= 11 is 0. The van der Waals surface area contributed by atoms with Crippen molar-refractivity contribution in [2.75, 3.05) is 38.2 Å². The zero-order chi connectivity index (χ0) is 43.0. The molecule has 2 aliphatic carbocycles. The maximum atomic E-state index is 15.2. The van der Waals surface area contributed by atoms with Gasteiger partial charge in [-0.3, -0.25) is 29.3 Å². The van der Waals surface area contributed by atoms with Crippen molar-refractivity contribution in [3.63, 3.8) is 0 Å². The number of halogens is 1. The number of hydrogen-bond acceptors (Lipinski definition) is 8. The number of fused-ring (bicyclic) bond motifs is 4. The first-order chi connectivity index (χ1) is 29.4. The second-order valence-electron chi connectivity index (χ2n) is 17.4. The highest BCUT2D eigenvalue weighted by molar-refractivity contribution is 5.96. The molecule has 3 heterocycles. The molecule has 3 aromatic carbocycles. The summed E-state index contributed by atoms with van der Waals surface area (Å²) in [7, 11) is 1.65. The number of nitrogens with zero attached hydrogens (tertiary/aromatic N) is 6. The first kappa shape index (κ1) is 42.0. The number of non-ortho nitro benzene ring substituents is 1. The van der Waals surface area contributed by atoms with Crippen LogP contribution >= 0.6 is 0 Å². The summed E-state index contributed by atoms with van der Waals surface area (Å²) in [6, 6.07) is 16.3. The van der Waals surface area contributed by atoms with E-state index in [-0.39, 0.29) is 65.3 Å². The number of hydrogen-bond donors (Lipinski definition) is 0. The van der Waals surface area contributed by atoms with Crippen molar-refractivity contribution in [1.29, 1.82) is 0 Å². The van der Waals surface area contributed by atoms with Gasteiger partial charge in [0.1, 0.15) is 5.82 Å². The minimum Gasteiger partial charge on any atom is -0.377 e. The number of amides is 3. The standard InChI is InChI=1S/C47H53FN6O7/c1-47(2,61-3)43-35-14-10-13-33(35)37-29-32(54(59)60)19-21-41(37)53(43)42(55)15-6-4-5-9-22-52-46(58)36-12-8-7-11-34(36)40(49-52)28-30-16-20-39(48)38(27-30)45(57)51-25-23-50(24-26-51)44(56)31-17-18-31/h7-8,10-13,16,19-21,27,29,31,33,35,43H,4-6,9,14-15,17-18,22-26,28H2,1-3H3. The van der Waals surface area contributed by atoms with Gasteiger partial charge in [-0.25, -0.2) is 9.07 Å². The molecule has 4 aromatic rings. The van der Waals surface area contributed by atoms with Gasteiger partial charge in [-0.15, -0.1) is 0 Å². The van der Waals surface area contributed by atoms with Gasteiger partial charge in [-0.05, 0) is 87.3 Å². The van der Waals surface area contributed by atoms with E-state index in [2.05, 4.69) is 12.2 Å². The SMILES string of the molecule is COC(C)(C)C1C2CC=CC2c2cc([N+](=O)[O-])ccc2N1C(=O)CCCCCCn1nc(Cc2ccc(F)c(C(=O)N3CCN(C(=O)C4CC4)CC3)c2)c2ccccc2c1=O. The van der Waals surface area contributed by atoms with Crippen molar-refractivity contribution >= 4 is 39.9 Å². The fourth-order valence-electron chi connectivity index (χ4n) is 9.58. The number of allylic oxidation sites excluding steroid dienone is 2. The lowest BCUT2D eigenvalue weighted by Gasteiger charge is -2.50. The van der Waals surface area contributed by atoms with Crippen molar-refractivity contribution in [2.45, 2.75) is 95.7 Å². The van der Waals surface area contributed by atoms with E-state index in [0.717, 1.165) is 37.7 Å². The van der Waals surface area contributed by atoms with Crippen LogP contribution in [0.1, 0.15) is 98.3 Å². The molecule has 1 aromatic heterocycles. The summed E-state index contributed by atoms with van der Waals surface area (Å²) in [5.74, 6) is -0.843. The Kier molecular flexibility index (Phi) is 11.9. The predicted octanol–water partition coefficient (Wildman–Crippen LogP) is 7.18. The molecular formula is C47H53FN6O7. The number of piperazine rings is 1. The summed E-state index contributed by atoms with van der Waals surface area (Å²) in [5, 5.41) is 17.7. The van der Waals surface area contributed by atoms with Crippen molar-refractivity contribution < 1.29 is 28.4 Å². The molecular weight excluding hydrogens is 780 g/mol. The van der Waals surface area contributed by atoms with Gasteiger partial charge >= 0.3 is 0 Å². The van der Waals surface area contributed by atoms with E-state index in [1.807, 2.05) is 36.9 Å². The summed E-state index contributed by atoms with van der Waals surface area (Å²) in [6.45, 7) is 5.91. The van der Waals surface area contributed by atoms with Crippen LogP contribution in [0.5, 0.6) is 0 Å². The van der Waals surface area contributed by atoms with Gasteiger partial charge in [-0.1, -0.05) is 49.3 Å². The summed E-state index contributed by atoms with van der Waals surface area (Å²) < 4.78 is 22.6. The Morgan fingerprint density at radius 2 is 1.66 bits per heavy atom. The van der Waals surface area contributed by atoms with Crippen LogP contribution in [-0.4, -0.2) is 87.2 Å². The summed E-state index contributed by atoms with van der Waals surface area (Å²) in [4.78, 5) is 70.4. The number of nitro groups is 1. The summed E-state index contributed by atoms with van der Waals surface area (Å²) in [5.41, 5.74) is 1.90. The average molecular weight is 833 g/mol. The number of ether oxygens (including phenoxy) is 1. The number of benzene rings is 3. The number of methoxy groups -OCH3 is 1. The molecule has 4 aliphatic rings. The van der Waals surface area contributed by atoms with Crippen LogP contribution in [0.3, 0.4) is 0 Å². The van der Waals surface area contributed by atoms with E-state index >= 15 is 4.39 Å². The molecule has 61 heavy (non-hydrogen) atoms. The van der Waals surface area contributed by atoms with Crippen molar-refractivity contribution in [3.05, 3.63) is 121 Å². The maximum absolute atomic E-state index is 15.2. The molecule has 13 nitrogen and oxygen atoms in total. The molecule has 320 valence electrons.